The molecule has 1 fully saturated rings. The van der Waals surface area contributed by atoms with Crippen molar-refractivity contribution in [1.82, 2.24) is 9.88 Å². The third kappa shape index (κ3) is 2.75. The third-order valence-corrected chi connectivity index (χ3v) is 3.37. The molecule has 1 saturated heterocycles. The number of anilines is 1. The maximum Gasteiger partial charge on any atom is 0.272 e. The number of nitrogens with two attached hydrogens (primary N) is 1. The molecule has 2 heterocycles. The first-order valence-electron chi connectivity index (χ1n) is 6.22. The molecular weight excluding hydrogens is 214 g/mol. The lowest BCUT2D eigenvalue weighted by molar-refractivity contribution is 0.0665. The van der Waals surface area contributed by atoms with Crippen molar-refractivity contribution >= 4 is 11.7 Å². The summed E-state index contributed by atoms with van der Waals surface area (Å²) in [6.45, 7) is 3.87. The second kappa shape index (κ2) is 5.17. The Balaban J connectivity index is 2.09. The number of hydrogen-bond acceptors (Lipinski definition) is 3. The van der Waals surface area contributed by atoms with Crippen LogP contribution in [0.5, 0.6) is 0 Å². The van der Waals surface area contributed by atoms with Crippen molar-refractivity contribution in [3.05, 3.63) is 23.9 Å². The SMILES string of the molecule is CC[C@@H]1CCCN(C(=O)c2cccc(N)n2)C1. The van der Waals surface area contributed by atoms with E-state index in [1.54, 1.807) is 18.2 Å². The van der Waals surface area contributed by atoms with Gasteiger partial charge in [0.25, 0.3) is 5.91 Å². The van der Waals surface area contributed by atoms with E-state index in [0.29, 0.717) is 17.4 Å². The van der Waals surface area contributed by atoms with Gasteiger partial charge in [0.2, 0.25) is 0 Å². The lowest BCUT2D eigenvalue weighted by Gasteiger charge is -2.32. The molecule has 1 aliphatic heterocycles. The highest BCUT2D eigenvalue weighted by Gasteiger charge is 2.24. The molecule has 0 aliphatic carbocycles. The van der Waals surface area contributed by atoms with E-state index in [1.807, 2.05) is 4.90 Å². The van der Waals surface area contributed by atoms with E-state index in [-0.39, 0.29) is 5.91 Å². The zero-order valence-electron chi connectivity index (χ0n) is 10.2. The largest absolute Gasteiger partial charge is 0.384 e. The van der Waals surface area contributed by atoms with Crippen LogP contribution in [-0.2, 0) is 0 Å². The van der Waals surface area contributed by atoms with Crippen molar-refractivity contribution in [2.75, 3.05) is 18.8 Å². The quantitative estimate of drug-likeness (QED) is 0.849. The Bertz CT molecular complexity index is 405. The lowest BCUT2D eigenvalue weighted by atomic mass is 9.95. The Morgan fingerprint density at radius 1 is 1.59 bits per heavy atom. The molecule has 0 aromatic carbocycles. The number of amides is 1. The number of piperidine rings is 1. The van der Waals surface area contributed by atoms with Crippen LogP contribution in [-0.4, -0.2) is 28.9 Å². The van der Waals surface area contributed by atoms with Gasteiger partial charge >= 0.3 is 0 Å². The minimum absolute atomic E-state index is 0.00968. The van der Waals surface area contributed by atoms with E-state index in [1.165, 1.54) is 6.42 Å². The Hall–Kier alpha value is -1.58. The smallest absolute Gasteiger partial charge is 0.272 e. The normalized spacial score (nSPS) is 20.3. The summed E-state index contributed by atoms with van der Waals surface area (Å²) in [5.41, 5.74) is 6.06. The lowest BCUT2D eigenvalue weighted by Crippen LogP contribution is -2.40. The average molecular weight is 233 g/mol. The molecule has 1 aromatic heterocycles. The second-order valence-electron chi connectivity index (χ2n) is 4.62. The first-order valence-corrected chi connectivity index (χ1v) is 6.22. The van der Waals surface area contributed by atoms with Crippen molar-refractivity contribution in [1.29, 1.82) is 0 Å². The molecule has 1 atom stereocenters. The number of carbonyl (C=O) groups excluding carboxylic acids is 1. The summed E-state index contributed by atoms with van der Waals surface area (Å²) < 4.78 is 0. The second-order valence-corrected chi connectivity index (χ2v) is 4.62. The van der Waals surface area contributed by atoms with Crippen LogP contribution in [0.15, 0.2) is 18.2 Å². The number of likely N-dealkylation sites (tertiary alicyclic amines) is 1. The van der Waals surface area contributed by atoms with Gasteiger partial charge in [0.15, 0.2) is 0 Å². The predicted octanol–water partition coefficient (Wildman–Crippen LogP) is 1.93. The first kappa shape index (κ1) is 11.9. The van der Waals surface area contributed by atoms with Crippen LogP contribution in [0, 0.1) is 5.92 Å². The van der Waals surface area contributed by atoms with Crippen molar-refractivity contribution in [2.24, 2.45) is 5.92 Å². The topological polar surface area (TPSA) is 59.2 Å². The summed E-state index contributed by atoms with van der Waals surface area (Å²) in [6, 6.07) is 5.20. The van der Waals surface area contributed by atoms with Crippen molar-refractivity contribution in [3.63, 3.8) is 0 Å². The number of aromatic nitrogens is 1. The minimum atomic E-state index is 0.00968. The van der Waals surface area contributed by atoms with Gasteiger partial charge in [-0.25, -0.2) is 4.98 Å². The number of pyridine rings is 1. The molecule has 1 aromatic rings. The van der Waals surface area contributed by atoms with Crippen molar-refractivity contribution in [3.8, 4) is 0 Å². The molecule has 2 rings (SSSR count). The Labute approximate surface area is 102 Å². The van der Waals surface area contributed by atoms with Crippen LogP contribution in [0.4, 0.5) is 5.82 Å². The molecule has 0 radical (unpaired) electrons. The molecule has 17 heavy (non-hydrogen) atoms. The summed E-state index contributed by atoms with van der Waals surface area (Å²) in [5.74, 6) is 1.05. The Morgan fingerprint density at radius 3 is 3.12 bits per heavy atom. The molecule has 4 nitrogen and oxygen atoms in total. The summed E-state index contributed by atoms with van der Waals surface area (Å²) in [6.07, 6.45) is 3.45. The van der Waals surface area contributed by atoms with E-state index in [9.17, 15) is 4.79 Å². The summed E-state index contributed by atoms with van der Waals surface area (Å²) in [5, 5.41) is 0. The molecular formula is C13H19N3O. The predicted molar refractivity (Wildman–Crippen MR) is 67.6 cm³/mol. The molecule has 1 aliphatic rings. The zero-order valence-corrected chi connectivity index (χ0v) is 10.2. The number of rotatable bonds is 2. The third-order valence-electron chi connectivity index (χ3n) is 3.37. The Kier molecular flexibility index (Phi) is 3.61. The van der Waals surface area contributed by atoms with Crippen LogP contribution >= 0.6 is 0 Å². The van der Waals surface area contributed by atoms with Crippen molar-refractivity contribution < 1.29 is 4.79 Å². The van der Waals surface area contributed by atoms with Crippen molar-refractivity contribution in [2.45, 2.75) is 26.2 Å². The van der Waals surface area contributed by atoms with E-state index >= 15 is 0 Å². The van der Waals surface area contributed by atoms with Gasteiger partial charge in [0.05, 0.1) is 0 Å². The zero-order chi connectivity index (χ0) is 12.3. The fraction of sp³-hybridized carbons (Fsp3) is 0.538. The monoisotopic (exact) mass is 233 g/mol. The van der Waals surface area contributed by atoms with E-state index in [0.717, 1.165) is 25.9 Å². The highest BCUT2D eigenvalue weighted by Crippen LogP contribution is 2.20. The van der Waals surface area contributed by atoms with Crippen LogP contribution in [0.1, 0.15) is 36.7 Å². The van der Waals surface area contributed by atoms with Crippen LogP contribution in [0.25, 0.3) is 0 Å². The van der Waals surface area contributed by atoms with Gasteiger partial charge in [0.1, 0.15) is 11.5 Å². The van der Waals surface area contributed by atoms with Crippen LogP contribution < -0.4 is 5.73 Å². The molecule has 4 heteroatoms. The summed E-state index contributed by atoms with van der Waals surface area (Å²) in [4.78, 5) is 18.2. The highest BCUT2D eigenvalue weighted by molar-refractivity contribution is 5.92. The molecule has 1 amide bonds. The van der Waals surface area contributed by atoms with Gasteiger partial charge in [-0.1, -0.05) is 19.4 Å². The average Bonchev–Trinajstić information content (AvgIpc) is 2.38. The molecule has 0 unspecified atom stereocenters. The fourth-order valence-electron chi connectivity index (χ4n) is 2.32. The molecule has 2 N–H and O–H groups in total. The molecule has 0 saturated carbocycles. The van der Waals surface area contributed by atoms with E-state index in [4.69, 9.17) is 5.73 Å². The van der Waals surface area contributed by atoms with Gasteiger partial charge in [-0.3, -0.25) is 4.79 Å². The number of nitrogens with zero attached hydrogens (tertiary/aromatic N) is 2. The standard InChI is InChI=1S/C13H19N3O/c1-2-10-5-4-8-16(9-10)13(17)11-6-3-7-12(14)15-11/h3,6-7,10H,2,4-5,8-9H2,1H3,(H2,14,15)/t10-/m1/s1. The van der Waals surface area contributed by atoms with Gasteiger partial charge in [-0.05, 0) is 30.9 Å². The number of carbonyl (C=O) groups is 1. The Morgan fingerprint density at radius 2 is 2.41 bits per heavy atom. The summed E-state index contributed by atoms with van der Waals surface area (Å²) in [7, 11) is 0. The number of hydrogen-bond donors (Lipinski definition) is 1. The fourth-order valence-corrected chi connectivity index (χ4v) is 2.32. The molecule has 0 bridgehead atoms. The first-order chi connectivity index (χ1) is 8.20. The van der Waals surface area contributed by atoms with E-state index < -0.39 is 0 Å². The molecule has 0 spiro atoms. The van der Waals surface area contributed by atoms with Gasteiger partial charge in [-0.2, -0.15) is 0 Å². The van der Waals surface area contributed by atoms with E-state index in [2.05, 4.69) is 11.9 Å². The maximum atomic E-state index is 12.2. The summed E-state index contributed by atoms with van der Waals surface area (Å²) >= 11 is 0. The molecule has 92 valence electrons. The van der Waals surface area contributed by atoms with Crippen LogP contribution in [0.2, 0.25) is 0 Å². The maximum absolute atomic E-state index is 12.2. The highest BCUT2D eigenvalue weighted by atomic mass is 16.2. The van der Waals surface area contributed by atoms with Gasteiger partial charge in [-0.15, -0.1) is 0 Å². The number of nitrogen functional groups attached to an aromatic ring is 1. The van der Waals surface area contributed by atoms with Gasteiger partial charge in [0, 0.05) is 13.1 Å². The van der Waals surface area contributed by atoms with Gasteiger partial charge < -0.3 is 10.6 Å². The van der Waals surface area contributed by atoms with Crippen LogP contribution in [0.3, 0.4) is 0 Å². The minimum Gasteiger partial charge on any atom is -0.384 e.